The molecule has 0 saturated heterocycles. The molecule has 1 saturated carbocycles. The molecule has 1 amide bonds. The number of nitrogens with one attached hydrogen (secondary N) is 2. The van der Waals surface area contributed by atoms with Crippen LogP contribution in [-0.4, -0.2) is 22.4 Å². The number of para-hydroxylation sites is 2. The Morgan fingerprint density at radius 1 is 1.19 bits per heavy atom. The van der Waals surface area contributed by atoms with Crippen molar-refractivity contribution in [2.24, 2.45) is 5.92 Å². The number of carbonyl (C=O) groups excluding carboxylic acids is 1. The SMILES string of the molecule is O=C(C=Cc1cccs1)NCC1CCC(c2nc3ccccc3[nH]2)CC1. The molecule has 3 aromatic rings. The van der Waals surface area contributed by atoms with Gasteiger partial charge in [-0.1, -0.05) is 18.2 Å². The van der Waals surface area contributed by atoms with Crippen molar-refractivity contribution in [3.63, 3.8) is 0 Å². The monoisotopic (exact) mass is 365 g/mol. The number of benzene rings is 1. The quantitative estimate of drug-likeness (QED) is 0.642. The van der Waals surface area contributed by atoms with Gasteiger partial charge in [0.2, 0.25) is 5.91 Å². The predicted octanol–water partition coefficient (Wildman–Crippen LogP) is 4.73. The van der Waals surface area contributed by atoms with Crippen LogP contribution in [0.3, 0.4) is 0 Å². The summed E-state index contributed by atoms with van der Waals surface area (Å²) in [5.41, 5.74) is 2.17. The summed E-state index contributed by atoms with van der Waals surface area (Å²) >= 11 is 1.63. The molecule has 1 aliphatic rings. The van der Waals surface area contributed by atoms with Crippen molar-refractivity contribution in [3.8, 4) is 0 Å². The van der Waals surface area contributed by atoms with E-state index in [1.807, 2.05) is 35.7 Å². The summed E-state index contributed by atoms with van der Waals surface area (Å²) < 4.78 is 0. The van der Waals surface area contributed by atoms with E-state index in [-0.39, 0.29) is 5.91 Å². The molecule has 134 valence electrons. The summed E-state index contributed by atoms with van der Waals surface area (Å²) in [7, 11) is 0. The van der Waals surface area contributed by atoms with Gasteiger partial charge in [-0.05, 0) is 61.3 Å². The van der Waals surface area contributed by atoms with Crippen molar-refractivity contribution in [2.45, 2.75) is 31.6 Å². The molecule has 2 aromatic heterocycles. The number of aromatic amines is 1. The van der Waals surface area contributed by atoms with Gasteiger partial charge in [0.05, 0.1) is 11.0 Å². The first-order valence-electron chi connectivity index (χ1n) is 9.22. The largest absolute Gasteiger partial charge is 0.352 e. The van der Waals surface area contributed by atoms with E-state index >= 15 is 0 Å². The van der Waals surface area contributed by atoms with Gasteiger partial charge < -0.3 is 10.3 Å². The number of carbonyl (C=O) groups is 1. The lowest BCUT2D eigenvalue weighted by molar-refractivity contribution is -0.116. The van der Waals surface area contributed by atoms with Crippen LogP contribution in [0.15, 0.2) is 47.9 Å². The van der Waals surface area contributed by atoms with Crippen LogP contribution in [0.1, 0.15) is 42.3 Å². The molecule has 0 atom stereocenters. The zero-order valence-corrected chi connectivity index (χ0v) is 15.5. The fourth-order valence-corrected chi connectivity index (χ4v) is 4.27. The van der Waals surface area contributed by atoms with Crippen LogP contribution >= 0.6 is 11.3 Å². The number of nitrogens with zero attached hydrogens (tertiary/aromatic N) is 1. The van der Waals surface area contributed by atoms with Crippen molar-refractivity contribution in [2.75, 3.05) is 6.54 Å². The fraction of sp³-hybridized carbons (Fsp3) is 0.333. The molecule has 2 heterocycles. The molecule has 2 N–H and O–H groups in total. The Bertz CT molecular complexity index is 856. The summed E-state index contributed by atoms with van der Waals surface area (Å²) in [6, 6.07) is 12.2. The van der Waals surface area contributed by atoms with Gasteiger partial charge in [0, 0.05) is 23.4 Å². The lowest BCUT2D eigenvalue weighted by Gasteiger charge is -2.27. The molecule has 0 aliphatic heterocycles. The first-order valence-corrected chi connectivity index (χ1v) is 10.1. The smallest absolute Gasteiger partial charge is 0.244 e. The average molecular weight is 366 g/mol. The number of thiophene rings is 1. The number of amides is 1. The average Bonchev–Trinajstić information content (AvgIpc) is 3.34. The van der Waals surface area contributed by atoms with Gasteiger partial charge in [-0.2, -0.15) is 0 Å². The number of fused-ring (bicyclic) bond motifs is 1. The van der Waals surface area contributed by atoms with Crippen LogP contribution in [-0.2, 0) is 4.79 Å². The highest BCUT2D eigenvalue weighted by Crippen LogP contribution is 2.34. The minimum absolute atomic E-state index is 0.00203. The van der Waals surface area contributed by atoms with Crippen molar-refractivity contribution in [1.29, 1.82) is 0 Å². The minimum atomic E-state index is -0.00203. The van der Waals surface area contributed by atoms with Gasteiger partial charge >= 0.3 is 0 Å². The fourth-order valence-electron chi connectivity index (χ4n) is 3.65. The molecule has 4 nitrogen and oxygen atoms in total. The van der Waals surface area contributed by atoms with Gasteiger partial charge in [0.25, 0.3) is 0 Å². The van der Waals surface area contributed by atoms with E-state index in [9.17, 15) is 4.79 Å². The van der Waals surface area contributed by atoms with Crippen LogP contribution in [0.25, 0.3) is 17.1 Å². The van der Waals surface area contributed by atoms with E-state index in [1.165, 1.54) is 0 Å². The highest BCUT2D eigenvalue weighted by molar-refractivity contribution is 7.10. The van der Waals surface area contributed by atoms with Crippen LogP contribution in [0, 0.1) is 5.92 Å². The van der Waals surface area contributed by atoms with E-state index in [2.05, 4.69) is 22.4 Å². The van der Waals surface area contributed by atoms with Crippen LogP contribution < -0.4 is 5.32 Å². The molecule has 4 rings (SSSR count). The maximum Gasteiger partial charge on any atom is 0.244 e. The predicted molar refractivity (Wildman–Crippen MR) is 107 cm³/mol. The summed E-state index contributed by atoms with van der Waals surface area (Å²) in [6.45, 7) is 0.764. The summed E-state index contributed by atoms with van der Waals surface area (Å²) in [6.07, 6.45) is 8.04. The van der Waals surface area contributed by atoms with E-state index in [1.54, 1.807) is 17.4 Å². The summed E-state index contributed by atoms with van der Waals surface area (Å²) in [4.78, 5) is 21.3. The van der Waals surface area contributed by atoms with Gasteiger partial charge in [0.15, 0.2) is 0 Å². The number of imidazole rings is 1. The van der Waals surface area contributed by atoms with Gasteiger partial charge in [-0.15, -0.1) is 11.3 Å². The van der Waals surface area contributed by atoms with Gasteiger partial charge in [0.1, 0.15) is 5.82 Å². The lowest BCUT2D eigenvalue weighted by atomic mass is 9.81. The van der Waals surface area contributed by atoms with Crippen LogP contribution in [0.2, 0.25) is 0 Å². The minimum Gasteiger partial charge on any atom is -0.352 e. The Balaban J connectivity index is 1.25. The van der Waals surface area contributed by atoms with Gasteiger partial charge in [-0.25, -0.2) is 4.98 Å². The zero-order chi connectivity index (χ0) is 17.8. The van der Waals surface area contributed by atoms with E-state index in [0.29, 0.717) is 11.8 Å². The second kappa shape index (κ2) is 7.87. The van der Waals surface area contributed by atoms with E-state index in [4.69, 9.17) is 4.98 Å². The Morgan fingerprint density at radius 2 is 2.04 bits per heavy atom. The van der Waals surface area contributed by atoms with Crippen LogP contribution in [0.5, 0.6) is 0 Å². The topological polar surface area (TPSA) is 57.8 Å². The Morgan fingerprint density at radius 3 is 2.81 bits per heavy atom. The van der Waals surface area contributed by atoms with Crippen molar-refractivity contribution in [1.82, 2.24) is 15.3 Å². The molecule has 1 aromatic carbocycles. The first kappa shape index (κ1) is 17.0. The Hall–Kier alpha value is -2.40. The third kappa shape index (κ3) is 4.05. The second-order valence-corrected chi connectivity index (χ2v) is 7.93. The van der Waals surface area contributed by atoms with Crippen molar-refractivity contribution < 1.29 is 4.79 Å². The molecular weight excluding hydrogens is 342 g/mol. The van der Waals surface area contributed by atoms with Crippen LogP contribution in [0.4, 0.5) is 0 Å². The molecule has 0 spiro atoms. The molecule has 5 heteroatoms. The highest BCUT2D eigenvalue weighted by Gasteiger charge is 2.24. The normalized spacial score (nSPS) is 20.6. The number of H-pyrrole nitrogens is 1. The maximum absolute atomic E-state index is 12.0. The van der Waals surface area contributed by atoms with Gasteiger partial charge in [-0.3, -0.25) is 4.79 Å². The molecule has 1 fully saturated rings. The molecule has 26 heavy (non-hydrogen) atoms. The molecule has 1 aliphatic carbocycles. The third-order valence-corrected chi connectivity index (χ3v) is 5.99. The Labute approximate surface area is 157 Å². The zero-order valence-electron chi connectivity index (χ0n) is 14.7. The number of hydrogen-bond donors (Lipinski definition) is 2. The number of rotatable bonds is 5. The molecule has 0 radical (unpaired) electrons. The number of hydrogen-bond acceptors (Lipinski definition) is 3. The molecule has 0 unspecified atom stereocenters. The van der Waals surface area contributed by atoms with Crippen molar-refractivity contribution in [3.05, 3.63) is 58.6 Å². The van der Waals surface area contributed by atoms with Crippen molar-refractivity contribution >= 4 is 34.4 Å². The molecular formula is C21H23N3OS. The summed E-state index contributed by atoms with van der Waals surface area (Å²) in [5.74, 6) is 2.19. The maximum atomic E-state index is 12.0. The van der Waals surface area contributed by atoms with E-state index in [0.717, 1.165) is 54.0 Å². The Kier molecular flexibility index (Phi) is 5.16. The second-order valence-electron chi connectivity index (χ2n) is 6.95. The lowest BCUT2D eigenvalue weighted by Crippen LogP contribution is -2.30. The van der Waals surface area contributed by atoms with E-state index < -0.39 is 0 Å². The standard InChI is InChI=1S/C21H23N3OS/c25-20(12-11-17-4-3-13-26-17)22-14-15-7-9-16(10-8-15)21-23-18-5-1-2-6-19(18)24-21/h1-6,11-13,15-16H,7-10,14H2,(H,22,25)(H,23,24). The highest BCUT2D eigenvalue weighted by atomic mass is 32.1. The third-order valence-electron chi connectivity index (χ3n) is 5.15. The molecule has 0 bridgehead atoms. The summed E-state index contributed by atoms with van der Waals surface area (Å²) in [5, 5.41) is 5.06. The number of aromatic nitrogens is 2. The first-order chi connectivity index (χ1) is 12.8.